The molecule has 0 aliphatic carbocycles. The minimum Gasteiger partial charge on any atom is -0.463 e. The minimum atomic E-state index is -3.97. The van der Waals surface area contributed by atoms with Crippen LogP contribution in [0.2, 0.25) is 0 Å². The fourth-order valence-corrected chi connectivity index (χ4v) is 5.66. The number of carbonyl (C=O) groups excluding carboxylic acids is 4. The summed E-state index contributed by atoms with van der Waals surface area (Å²) in [5.74, 6) is -2.85. The van der Waals surface area contributed by atoms with Gasteiger partial charge in [0.25, 0.3) is 0 Å². The van der Waals surface area contributed by atoms with Crippen molar-refractivity contribution in [3.8, 4) is 0 Å². The van der Waals surface area contributed by atoms with Gasteiger partial charge in [-0.05, 0) is 24.0 Å². The summed E-state index contributed by atoms with van der Waals surface area (Å²) in [5.41, 5.74) is 1.58. The Hall–Kier alpha value is -3.65. The molecular weight excluding hydrogens is 639 g/mol. The van der Waals surface area contributed by atoms with E-state index < -0.39 is 62.4 Å². The van der Waals surface area contributed by atoms with E-state index in [1.165, 1.54) is 6.92 Å². The summed E-state index contributed by atoms with van der Waals surface area (Å²) in [6.45, 7) is 4.27. The Balaban J connectivity index is 1.63. The number of carbonyl (C=O) groups is 4. The van der Waals surface area contributed by atoms with Gasteiger partial charge in [-0.15, -0.1) is 0 Å². The number of phosphoric ester groups is 1. The lowest BCUT2D eigenvalue weighted by Crippen LogP contribution is -2.63. The largest absolute Gasteiger partial charge is 0.475 e. The van der Waals surface area contributed by atoms with Gasteiger partial charge in [0.2, 0.25) is 0 Å². The molecule has 2 aromatic carbocycles. The van der Waals surface area contributed by atoms with Crippen LogP contribution in [0.3, 0.4) is 0 Å². The number of rotatable bonds is 18. The molecule has 2 unspecified atom stereocenters. The van der Waals surface area contributed by atoms with Crippen LogP contribution in [0.25, 0.3) is 0 Å². The lowest BCUT2D eigenvalue weighted by atomic mass is 9.98. The summed E-state index contributed by atoms with van der Waals surface area (Å²) < 4.78 is 63.4. The van der Waals surface area contributed by atoms with Gasteiger partial charge in [-0.2, -0.15) is 0 Å². The molecule has 0 amide bonds. The zero-order chi connectivity index (χ0) is 34.2. The van der Waals surface area contributed by atoms with Crippen molar-refractivity contribution in [2.45, 2.75) is 84.5 Å². The van der Waals surface area contributed by atoms with Crippen LogP contribution in [0.15, 0.2) is 60.7 Å². The Morgan fingerprint density at radius 1 is 0.638 bits per heavy atom. The third-order valence-corrected chi connectivity index (χ3v) is 7.87. The van der Waals surface area contributed by atoms with Gasteiger partial charge in [-0.1, -0.05) is 60.7 Å². The molecule has 1 aliphatic rings. The lowest BCUT2D eigenvalue weighted by Gasteiger charge is -2.44. The maximum Gasteiger partial charge on any atom is 0.475 e. The second-order valence-electron chi connectivity index (χ2n) is 10.4. The monoisotopic (exact) mass is 680 g/mol. The molecule has 1 heterocycles. The molecule has 1 saturated heterocycles. The zero-order valence-corrected chi connectivity index (χ0v) is 27.7. The van der Waals surface area contributed by atoms with Gasteiger partial charge < -0.3 is 28.4 Å². The number of hydrogen-bond acceptors (Lipinski definition) is 14. The summed E-state index contributed by atoms with van der Waals surface area (Å²) >= 11 is 0. The SMILES string of the molecule is CC(=O)OCC1O[C@@H](OCCCCOP(=O)(OCc2ccccc2)OCc2ccccc2)C(OC(C)=O)[C@@H](OC(C)=O)[C@@H]1OC(C)=O. The van der Waals surface area contributed by atoms with Crippen LogP contribution >= 0.6 is 7.82 Å². The summed E-state index contributed by atoms with van der Waals surface area (Å²) in [6, 6.07) is 18.4. The third-order valence-electron chi connectivity index (χ3n) is 6.48. The van der Waals surface area contributed by atoms with E-state index in [4.69, 9.17) is 42.0 Å². The molecule has 5 atom stereocenters. The van der Waals surface area contributed by atoms with Gasteiger partial charge in [0.15, 0.2) is 24.6 Å². The van der Waals surface area contributed by atoms with Crippen LogP contribution in [0.1, 0.15) is 51.7 Å². The summed E-state index contributed by atoms with van der Waals surface area (Å²) in [5, 5.41) is 0. The minimum absolute atomic E-state index is 0.0111. The van der Waals surface area contributed by atoms with Gasteiger partial charge in [0, 0.05) is 34.3 Å². The summed E-state index contributed by atoms with van der Waals surface area (Å²) in [7, 11) is -3.97. The Bertz CT molecular complexity index is 1290. The molecule has 2 aromatic rings. The second-order valence-corrected chi connectivity index (χ2v) is 12.1. The maximum absolute atomic E-state index is 13.5. The molecule has 3 rings (SSSR count). The highest BCUT2D eigenvalue weighted by Crippen LogP contribution is 2.51. The topological polar surface area (TPSA) is 168 Å². The average molecular weight is 681 g/mol. The molecule has 0 spiro atoms. The Labute approximate surface area is 273 Å². The van der Waals surface area contributed by atoms with E-state index in [1.54, 1.807) is 0 Å². The van der Waals surface area contributed by atoms with Gasteiger partial charge in [-0.3, -0.25) is 32.7 Å². The van der Waals surface area contributed by atoms with Crippen molar-refractivity contribution in [2.24, 2.45) is 0 Å². The van der Waals surface area contributed by atoms with Crippen LogP contribution < -0.4 is 0 Å². The van der Waals surface area contributed by atoms with Crippen molar-refractivity contribution in [2.75, 3.05) is 19.8 Å². The first-order valence-electron chi connectivity index (χ1n) is 15.0. The van der Waals surface area contributed by atoms with E-state index in [0.717, 1.165) is 31.9 Å². The number of unbranched alkanes of at least 4 members (excludes halogenated alkanes) is 1. The molecule has 1 fully saturated rings. The highest BCUT2D eigenvalue weighted by atomic mass is 31.2. The fourth-order valence-electron chi connectivity index (χ4n) is 4.47. The molecule has 0 saturated carbocycles. The van der Waals surface area contributed by atoms with Crippen LogP contribution in [0, 0.1) is 0 Å². The predicted molar refractivity (Wildman–Crippen MR) is 163 cm³/mol. The standard InChI is InChI=1S/C32H41O14P/c1-22(33)39-21-28-29(43-23(2)34)30(44-24(3)35)31(45-25(4)36)32(46-28)38-17-11-12-18-40-47(37,41-19-26-13-7-5-8-14-26)42-20-27-15-9-6-10-16-27/h5-10,13-16,28-32H,11-12,17-21H2,1-4H3/t28?,29-,30+,31?,32-/m1/s1. The van der Waals surface area contributed by atoms with Crippen molar-refractivity contribution >= 4 is 31.7 Å². The van der Waals surface area contributed by atoms with Crippen LogP contribution in [0.4, 0.5) is 0 Å². The molecule has 14 nitrogen and oxygen atoms in total. The molecule has 258 valence electrons. The van der Waals surface area contributed by atoms with Crippen molar-refractivity contribution in [1.82, 2.24) is 0 Å². The number of phosphoric acid groups is 1. The highest BCUT2D eigenvalue weighted by molar-refractivity contribution is 7.48. The molecule has 0 radical (unpaired) electrons. The van der Waals surface area contributed by atoms with Crippen LogP contribution in [-0.4, -0.2) is 74.4 Å². The molecule has 0 N–H and O–H groups in total. The van der Waals surface area contributed by atoms with E-state index in [9.17, 15) is 23.7 Å². The predicted octanol–water partition coefficient (Wildman–Crippen LogP) is 4.42. The Morgan fingerprint density at radius 2 is 1.13 bits per heavy atom. The molecule has 0 aromatic heterocycles. The molecule has 47 heavy (non-hydrogen) atoms. The zero-order valence-electron chi connectivity index (χ0n) is 26.8. The van der Waals surface area contributed by atoms with E-state index in [-0.39, 0.29) is 33.0 Å². The first-order chi connectivity index (χ1) is 22.5. The van der Waals surface area contributed by atoms with E-state index >= 15 is 0 Å². The number of ether oxygens (including phenoxy) is 6. The maximum atomic E-state index is 13.5. The number of esters is 4. The molecule has 15 heteroatoms. The number of hydrogen-bond donors (Lipinski definition) is 0. The first-order valence-corrected chi connectivity index (χ1v) is 16.5. The first kappa shape index (κ1) is 37.8. The van der Waals surface area contributed by atoms with Crippen molar-refractivity contribution in [3.05, 3.63) is 71.8 Å². The average Bonchev–Trinajstić information content (AvgIpc) is 3.03. The van der Waals surface area contributed by atoms with E-state index in [2.05, 4.69) is 0 Å². The smallest absolute Gasteiger partial charge is 0.463 e. The van der Waals surface area contributed by atoms with E-state index in [0.29, 0.717) is 12.8 Å². The molecule has 1 aliphatic heterocycles. The van der Waals surface area contributed by atoms with Gasteiger partial charge in [-0.25, -0.2) is 4.57 Å². The van der Waals surface area contributed by atoms with Crippen LogP contribution in [0.5, 0.6) is 0 Å². The fraction of sp³-hybridized carbons (Fsp3) is 0.500. The van der Waals surface area contributed by atoms with Crippen LogP contribution in [-0.2, 0) is 78.9 Å². The summed E-state index contributed by atoms with van der Waals surface area (Å²) in [4.78, 5) is 47.4. The quantitative estimate of drug-likeness (QED) is 0.0938. The highest BCUT2D eigenvalue weighted by Gasteiger charge is 2.52. The van der Waals surface area contributed by atoms with Gasteiger partial charge in [0.1, 0.15) is 12.7 Å². The molecular formula is C32H41O14P. The summed E-state index contributed by atoms with van der Waals surface area (Å²) in [6.07, 6.45) is -5.67. The van der Waals surface area contributed by atoms with Crippen molar-refractivity contribution in [3.63, 3.8) is 0 Å². The lowest BCUT2D eigenvalue weighted by molar-refractivity contribution is -0.308. The third kappa shape index (κ3) is 13.5. The second kappa shape index (κ2) is 19.2. The Kier molecular flexibility index (Phi) is 15.5. The van der Waals surface area contributed by atoms with Crippen molar-refractivity contribution in [1.29, 1.82) is 0 Å². The number of benzene rings is 2. The molecule has 0 bridgehead atoms. The van der Waals surface area contributed by atoms with E-state index in [1.807, 2.05) is 60.7 Å². The van der Waals surface area contributed by atoms with Crippen molar-refractivity contribution < 1.29 is 65.7 Å². The Morgan fingerprint density at radius 3 is 1.64 bits per heavy atom. The van der Waals surface area contributed by atoms with Gasteiger partial charge in [0.05, 0.1) is 19.8 Å². The van der Waals surface area contributed by atoms with Gasteiger partial charge >= 0.3 is 31.7 Å². The normalized spacial score (nSPS) is 21.0.